The molecule has 2 aromatic rings. The molecular formula is C15H13BrClF2N3O2. The van der Waals surface area contributed by atoms with Crippen LogP contribution < -0.4 is 15.0 Å². The SMILES string of the molecule is CN(C)c1ncc(C(=O)Nc2ccc(OC(F)(F)Cl)cc2)cc1Br. The molecule has 2 rings (SSSR count). The molecule has 5 nitrogen and oxygen atoms in total. The molecule has 0 saturated carbocycles. The fourth-order valence-electron chi connectivity index (χ4n) is 1.83. The molecule has 0 atom stereocenters. The third kappa shape index (κ3) is 5.04. The molecule has 1 aromatic carbocycles. The normalized spacial score (nSPS) is 11.1. The Morgan fingerprint density at radius 3 is 2.46 bits per heavy atom. The van der Waals surface area contributed by atoms with E-state index < -0.39 is 5.57 Å². The van der Waals surface area contributed by atoms with Crippen LogP contribution in [0.4, 0.5) is 20.3 Å². The van der Waals surface area contributed by atoms with Gasteiger partial charge < -0.3 is 15.0 Å². The fraction of sp³-hybridized carbons (Fsp3) is 0.200. The van der Waals surface area contributed by atoms with Gasteiger partial charge in [-0.15, -0.1) is 8.78 Å². The summed E-state index contributed by atoms with van der Waals surface area (Å²) >= 11 is 8.04. The molecule has 0 aliphatic carbocycles. The summed E-state index contributed by atoms with van der Waals surface area (Å²) in [5.41, 5.74) is -3.02. The molecular weight excluding hydrogens is 408 g/mol. The van der Waals surface area contributed by atoms with Crippen LogP contribution in [-0.2, 0) is 0 Å². The van der Waals surface area contributed by atoms with Gasteiger partial charge in [0.15, 0.2) is 0 Å². The molecule has 24 heavy (non-hydrogen) atoms. The quantitative estimate of drug-likeness (QED) is 0.732. The van der Waals surface area contributed by atoms with Crippen LogP contribution in [0.3, 0.4) is 0 Å². The number of rotatable bonds is 5. The van der Waals surface area contributed by atoms with Crippen LogP contribution >= 0.6 is 27.5 Å². The smallest absolute Gasteiger partial charge is 0.420 e. The Kier molecular flexibility index (Phi) is 5.61. The van der Waals surface area contributed by atoms with Crippen molar-refractivity contribution in [3.05, 3.63) is 46.6 Å². The van der Waals surface area contributed by atoms with Crippen molar-refractivity contribution in [1.29, 1.82) is 0 Å². The van der Waals surface area contributed by atoms with E-state index in [0.717, 1.165) is 0 Å². The van der Waals surface area contributed by atoms with E-state index in [2.05, 4.69) is 42.6 Å². The van der Waals surface area contributed by atoms with Crippen molar-refractivity contribution in [2.45, 2.75) is 5.57 Å². The Hall–Kier alpha value is -1.93. The number of carbonyl (C=O) groups excluding carboxylic acids is 1. The Morgan fingerprint density at radius 2 is 1.96 bits per heavy atom. The van der Waals surface area contributed by atoms with Crippen molar-refractivity contribution in [2.75, 3.05) is 24.3 Å². The van der Waals surface area contributed by atoms with Gasteiger partial charge in [-0.1, -0.05) is 0 Å². The highest BCUT2D eigenvalue weighted by Gasteiger charge is 2.27. The summed E-state index contributed by atoms with van der Waals surface area (Å²) in [5.74, 6) is 0.188. The Morgan fingerprint density at radius 1 is 1.33 bits per heavy atom. The Labute approximate surface area is 150 Å². The standard InChI is InChI=1S/C15H13BrClF2N3O2/c1-22(2)13-12(16)7-9(8-20-13)14(23)21-10-3-5-11(6-4-10)24-15(17,18)19/h3-8H,1-2H3,(H,21,23). The van der Waals surface area contributed by atoms with Crippen LogP contribution in [0.1, 0.15) is 10.4 Å². The maximum absolute atomic E-state index is 12.5. The van der Waals surface area contributed by atoms with Crippen molar-refractivity contribution in [3.63, 3.8) is 0 Å². The van der Waals surface area contributed by atoms with Gasteiger partial charge in [-0.2, -0.15) is 0 Å². The number of aromatic nitrogens is 1. The zero-order chi connectivity index (χ0) is 17.9. The summed E-state index contributed by atoms with van der Waals surface area (Å²) in [6.07, 6.45) is 1.45. The van der Waals surface area contributed by atoms with Crippen molar-refractivity contribution >= 4 is 44.9 Å². The number of hydrogen-bond acceptors (Lipinski definition) is 4. The second kappa shape index (κ2) is 7.31. The summed E-state index contributed by atoms with van der Waals surface area (Å²) < 4.78 is 29.9. The van der Waals surface area contributed by atoms with Gasteiger partial charge in [-0.3, -0.25) is 4.79 Å². The molecule has 0 saturated heterocycles. The molecule has 1 N–H and O–H groups in total. The van der Waals surface area contributed by atoms with Crippen LogP contribution in [-0.4, -0.2) is 30.6 Å². The van der Waals surface area contributed by atoms with Crippen LogP contribution in [0, 0.1) is 0 Å². The largest absolute Gasteiger partial charge is 0.487 e. The van der Waals surface area contributed by atoms with Gasteiger partial charge in [-0.25, -0.2) is 4.98 Å². The highest BCUT2D eigenvalue weighted by Crippen LogP contribution is 2.26. The average Bonchev–Trinajstić information content (AvgIpc) is 2.47. The zero-order valence-electron chi connectivity index (χ0n) is 12.7. The van der Waals surface area contributed by atoms with Gasteiger partial charge in [0.05, 0.1) is 10.0 Å². The van der Waals surface area contributed by atoms with Crippen molar-refractivity contribution in [3.8, 4) is 5.75 Å². The molecule has 9 heteroatoms. The van der Waals surface area contributed by atoms with Crippen LogP contribution in [0.2, 0.25) is 0 Å². The van der Waals surface area contributed by atoms with Gasteiger partial charge in [-0.05, 0) is 46.3 Å². The molecule has 1 aromatic heterocycles. The van der Waals surface area contributed by atoms with E-state index in [9.17, 15) is 13.6 Å². The second-order valence-corrected chi connectivity index (χ2v) is 6.24. The predicted molar refractivity (Wildman–Crippen MR) is 92.1 cm³/mol. The highest BCUT2D eigenvalue weighted by atomic mass is 79.9. The minimum Gasteiger partial charge on any atom is -0.420 e. The lowest BCUT2D eigenvalue weighted by Crippen LogP contribution is -2.16. The maximum Gasteiger partial charge on any atom is 0.487 e. The molecule has 0 bridgehead atoms. The summed E-state index contributed by atoms with van der Waals surface area (Å²) in [4.78, 5) is 18.2. The number of carbonyl (C=O) groups is 1. The summed E-state index contributed by atoms with van der Waals surface area (Å²) in [5, 5.41) is 2.63. The fourth-order valence-corrected chi connectivity index (χ4v) is 2.62. The van der Waals surface area contributed by atoms with Crippen LogP contribution in [0.15, 0.2) is 41.0 Å². The van der Waals surface area contributed by atoms with E-state index in [4.69, 9.17) is 0 Å². The molecule has 1 amide bonds. The van der Waals surface area contributed by atoms with Crippen molar-refractivity contribution in [1.82, 2.24) is 4.98 Å². The molecule has 0 aliphatic rings. The van der Waals surface area contributed by atoms with Gasteiger partial charge in [0.2, 0.25) is 0 Å². The lowest BCUT2D eigenvalue weighted by molar-refractivity contribution is -0.0964. The first-order valence-corrected chi connectivity index (χ1v) is 7.83. The van der Waals surface area contributed by atoms with Gasteiger partial charge >= 0.3 is 5.57 Å². The maximum atomic E-state index is 12.5. The number of pyridine rings is 1. The van der Waals surface area contributed by atoms with Gasteiger partial charge in [0, 0.05) is 37.6 Å². The number of halogens is 4. The molecule has 0 aliphatic heterocycles. The minimum atomic E-state index is -3.78. The van der Waals surface area contributed by atoms with E-state index in [1.807, 2.05) is 14.1 Å². The number of hydrogen-bond donors (Lipinski definition) is 1. The van der Waals surface area contributed by atoms with Crippen LogP contribution in [0.5, 0.6) is 5.75 Å². The first-order chi connectivity index (χ1) is 11.2. The van der Waals surface area contributed by atoms with Gasteiger partial charge in [0.25, 0.3) is 5.91 Å². The number of alkyl halides is 3. The van der Waals surface area contributed by atoms with Gasteiger partial charge in [0.1, 0.15) is 11.6 Å². The molecule has 0 fully saturated rings. The number of nitrogens with one attached hydrogen (secondary N) is 1. The van der Waals surface area contributed by atoms with Crippen LogP contribution in [0.25, 0.3) is 0 Å². The summed E-state index contributed by atoms with van der Waals surface area (Å²) in [6, 6.07) is 7.03. The molecule has 128 valence electrons. The number of ether oxygens (including phenoxy) is 1. The lowest BCUT2D eigenvalue weighted by Gasteiger charge is -2.14. The summed E-state index contributed by atoms with van der Waals surface area (Å²) in [6.45, 7) is 0. The molecule has 0 spiro atoms. The topological polar surface area (TPSA) is 54.5 Å². The van der Waals surface area contributed by atoms with E-state index in [1.54, 1.807) is 11.0 Å². The van der Waals surface area contributed by atoms with E-state index in [1.165, 1.54) is 30.5 Å². The number of amides is 1. The first-order valence-electron chi connectivity index (χ1n) is 6.66. The zero-order valence-corrected chi connectivity index (χ0v) is 15.0. The average molecular weight is 421 g/mol. The summed E-state index contributed by atoms with van der Waals surface area (Å²) in [7, 11) is 3.67. The van der Waals surface area contributed by atoms with E-state index in [0.29, 0.717) is 21.5 Å². The van der Waals surface area contributed by atoms with E-state index >= 15 is 0 Å². The number of benzene rings is 1. The minimum absolute atomic E-state index is 0.118. The van der Waals surface area contributed by atoms with E-state index in [-0.39, 0.29) is 11.7 Å². The Balaban J connectivity index is 2.08. The molecule has 1 heterocycles. The first kappa shape index (κ1) is 18.4. The second-order valence-electron chi connectivity index (χ2n) is 4.95. The monoisotopic (exact) mass is 419 g/mol. The van der Waals surface area contributed by atoms with Crippen molar-refractivity contribution in [2.24, 2.45) is 0 Å². The molecule has 0 radical (unpaired) electrons. The lowest BCUT2D eigenvalue weighted by atomic mass is 10.2. The predicted octanol–water partition coefficient (Wildman–Crippen LogP) is 4.33. The highest BCUT2D eigenvalue weighted by molar-refractivity contribution is 9.10. The Bertz CT molecular complexity index is 736. The van der Waals surface area contributed by atoms with Crippen molar-refractivity contribution < 1.29 is 18.3 Å². The number of anilines is 2. The third-order valence-corrected chi connectivity index (χ3v) is 3.51. The molecule has 0 unspecified atom stereocenters. The number of nitrogens with zero attached hydrogens (tertiary/aromatic N) is 2. The third-order valence-electron chi connectivity index (χ3n) is 2.85.